The third-order valence-electron chi connectivity index (χ3n) is 5.83. The van der Waals surface area contributed by atoms with E-state index < -0.39 is 25.9 Å². The molecule has 0 radical (unpaired) electrons. The summed E-state index contributed by atoms with van der Waals surface area (Å²) in [5.74, 6) is 0. The highest BCUT2D eigenvalue weighted by atomic mass is 28.4. The van der Waals surface area contributed by atoms with E-state index in [1.54, 1.807) is 49.8 Å². The fraction of sp³-hybridized carbons (Fsp3) is 1.00. The zero-order chi connectivity index (χ0) is 22.4. The van der Waals surface area contributed by atoms with Gasteiger partial charge in [-0.3, -0.25) is 0 Å². The van der Waals surface area contributed by atoms with E-state index in [9.17, 15) is 0 Å². The lowest BCUT2D eigenvalue weighted by Crippen LogP contribution is -2.43. The summed E-state index contributed by atoms with van der Waals surface area (Å²) in [4.78, 5) is 2.50. The van der Waals surface area contributed by atoms with E-state index in [1.807, 2.05) is 0 Å². The van der Waals surface area contributed by atoms with Crippen molar-refractivity contribution in [2.24, 2.45) is 0 Å². The van der Waals surface area contributed by atoms with E-state index in [4.69, 9.17) is 31.0 Å². The van der Waals surface area contributed by atoms with Gasteiger partial charge in [-0.25, -0.2) is 0 Å². The monoisotopic (exact) mass is 471 g/mol. The van der Waals surface area contributed by atoms with Crippen LogP contribution in [-0.4, -0.2) is 100 Å². The van der Waals surface area contributed by atoms with Crippen LogP contribution in [0.2, 0.25) is 31.2 Å². The highest BCUT2D eigenvalue weighted by molar-refractivity contribution is 6.66. The molecule has 0 aromatic carbocycles. The first-order valence-electron chi connectivity index (χ1n) is 10.3. The first kappa shape index (κ1) is 29.3. The molecule has 0 saturated carbocycles. The van der Waals surface area contributed by atoms with Crippen LogP contribution in [-0.2, 0) is 31.0 Å². The minimum Gasteiger partial charge on any atom is -0.398 e. The van der Waals surface area contributed by atoms with Gasteiger partial charge in [0.2, 0.25) is 0 Å². The molecular formula is C18H45NO7Si3. The first-order valence-corrected chi connectivity index (χ1v) is 17.3. The van der Waals surface area contributed by atoms with Crippen LogP contribution in [0.15, 0.2) is 0 Å². The molecule has 8 nitrogen and oxygen atoms in total. The quantitative estimate of drug-likeness (QED) is 0.266. The van der Waals surface area contributed by atoms with E-state index in [0.29, 0.717) is 0 Å². The molecule has 0 aromatic rings. The fourth-order valence-corrected chi connectivity index (χ4v) is 7.69. The highest BCUT2D eigenvalue weighted by Crippen LogP contribution is 2.19. The van der Waals surface area contributed by atoms with Crippen molar-refractivity contribution in [3.8, 4) is 0 Å². The Morgan fingerprint density at radius 2 is 0.793 bits per heavy atom. The molecule has 0 aliphatic carbocycles. The molecule has 0 fully saturated rings. The van der Waals surface area contributed by atoms with E-state index in [0.717, 1.165) is 57.0 Å². The molecule has 0 bridgehead atoms. The smallest absolute Gasteiger partial charge is 0.398 e. The van der Waals surface area contributed by atoms with E-state index in [-0.39, 0.29) is 0 Å². The Hall–Kier alpha value is 0.331. The maximum Gasteiger partial charge on any atom is 0.500 e. The molecule has 0 saturated heterocycles. The Morgan fingerprint density at radius 1 is 0.483 bits per heavy atom. The highest BCUT2D eigenvalue weighted by Gasteiger charge is 2.37. The van der Waals surface area contributed by atoms with Gasteiger partial charge < -0.3 is 35.9 Å². The van der Waals surface area contributed by atoms with Gasteiger partial charge in [0.1, 0.15) is 0 Å². The molecular weight excluding hydrogens is 426 g/mol. The van der Waals surface area contributed by atoms with Gasteiger partial charge in [0.15, 0.2) is 0 Å². The van der Waals surface area contributed by atoms with Crippen molar-refractivity contribution in [2.75, 3.05) is 69.4 Å². The van der Waals surface area contributed by atoms with E-state index >= 15 is 0 Å². The Balaban J connectivity index is 4.73. The molecule has 0 unspecified atom stereocenters. The molecule has 0 aliphatic rings. The summed E-state index contributed by atoms with van der Waals surface area (Å²) in [6.45, 7) is 7.22. The van der Waals surface area contributed by atoms with Crippen LogP contribution in [0.1, 0.15) is 19.3 Å². The molecule has 0 aromatic heterocycles. The second kappa shape index (κ2) is 15.2. The third-order valence-corrected chi connectivity index (χ3v) is 14.6. The van der Waals surface area contributed by atoms with E-state index in [1.165, 1.54) is 0 Å². The van der Waals surface area contributed by atoms with Crippen LogP contribution in [0, 0.1) is 0 Å². The molecule has 29 heavy (non-hydrogen) atoms. The number of hydrogen-bond donors (Lipinski definition) is 0. The average molecular weight is 472 g/mol. The predicted molar refractivity (Wildman–Crippen MR) is 123 cm³/mol. The van der Waals surface area contributed by atoms with Gasteiger partial charge in [-0.1, -0.05) is 0 Å². The number of nitrogens with zero attached hydrogens (tertiary/aromatic N) is 1. The second-order valence-corrected chi connectivity index (χ2v) is 17.8. The maximum atomic E-state index is 5.62. The van der Waals surface area contributed by atoms with Crippen molar-refractivity contribution >= 4 is 25.9 Å². The SMILES string of the molecule is CO[Si](C)(CCCN(CCC[Si](C)(OC)OC)CCC[Si](OC)(OC)OC)OC. The zero-order valence-electron chi connectivity index (χ0n) is 20.2. The summed E-state index contributed by atoms with van der Waals surface area (Å²) in [7, 11) is 5.41. The molecule has 0 N–H and O–H groups in total. The van der Waals surface area contributed by atoms with Crippen LogP contribution in [0.3, 0.4) is 0 Å². The van der Waals surface area contributed by atoms with Gasteiger partial charge in [0.25, 0.3) is 0 Å². The summed E-state index contributed by atoms with van der Waals surface area (Å²) < 4.78 is 39.1. The van der Waals surface area contributed by atoms with E-state index in [2.05, 4.69) is 18.0 Å². The molecule has 176 valence electrons. The molecule has 11 heteroatoms. The van der Waals surface area contributed by atoms with Crippen molar-refractivity contribution in [1.29, 1.82) is 0 Å². The standard InChI is InChI=1S/C18H45NO7Si3/c1-20-27(8,21-2)16-10-13-19(14-11-17-28(9,22-3)23-4)15-12-18-29(24-5,25-6)26-7/h10-18H2,1-9H3. The Bertz CT molecular complexity index is 377. The lowest BCUT2D eigenvalue weighted by molar-refractivity contribution is 0.121. The van der Waals surface area contributed by atoms with Crippen molar-refractivity contribution < 1.29 is 31.0 Å². The number of hydrogen-bond acceptors (Lipinski definition) is 8. The molecule has 0 heterocycles. The second-order valence-electron chi connectivity index (χ2n) is 7.53. The van der Waals surface area contributed by atoms with Crippen molar-refractivity contribution in [3.63, 3.8) is 0 Å². The maximum absolute atomic E-state index is 5.62. The summed E-state index contributed by atoms with van der Waals surface area (Å²) in [5, 5.41) is 0. The summed E-state index contributed by atoms with van der Waals surface area (Å²) in [5.41, 5.74) is 0. The molecule has 0 atom stereocenters. The third kappa shape index (κ3) is 11.0. The van der Waals surface area contributed by atoms with Crippen LogP contribution in [0.4, 0.5) is 0 Å². The van der Waals surface area contributed by atoms with Crippen LogP contribution in [0.25, 0.3) is 0 Å². The topological polar surface area (TPSA) is 67.9 Å². The van der Waals surface area contributed by atoms with Crippen molar-refractivity contribution in [1.82, 2.24) is 4.90 Å². The Kier molecular flexibility index (Phi) is 15.4. The fourth-order valence-electron chi connectivity index (χ4n) is 3.23. The van der Waals surface area contributed by atoms with Gasteiger partial charge in [0.05, 0.1) is 0 Å². The van der Waals surface area contributed by atoms with Gasteiger partial charge in [-0.2, -0.15) is 0 Å². The van der Waals surface area contributed by atoms with Crippen molar-refractivity contribution in [2.45, 2.75) is 50.5 Å². The number of rotatable bonds is 19. The predicted octanol–water partition coefficient (Wildman–Crippen LogP) is 3.07. The largest absolute Gasteiger partial charge is 0.500 e. The lowest BCUT2D eigenvalue weighted by Gasteiger charge is -2.29. The Morgan fingerprint density at radius 3 is 1.07 bits per heavy atom. The summed E-state index contributed by atoms with van der Waals surface area (Å²) >= 11 is 0. The first-order chi connectivity index (χ1) is 13.7. The van der Waals surface area contributed by atoms with Crippen LogP contribution >= 0.6 is 0 Å². The minimum absolute atomic E-state index is 0.804. The van der Waals surface area contributed by atoms with Gasteiger partial charge in [0, 0.05) is 55.8 Å². The molecule has 0 rings (SSSR count). The van der Waals surface area contributed by atoms with Gasteiger partial charge >= 0.3 is 25.9 Å². The van der Waals surface area contributed by atoms with Gasteiger partial charge in [-0.05, 0) is 64.1 Å². The van der Waals surface area contributed by atoms with Crippen molar-refractivity contribution in [3.05, 3.63) is 0 Å². The minimum atomic E-state index is -2.52. The summed E-state index contributed by atoms with van der Waals surface area (Å²) in [6, 6.07) is 2.76. The van der Waals surface area contributed by atoms with Crippen LogP contribution in [0.5, 0.6) is 0 Å². The molecule has 0 amide bonds. The molecule has 0 aliphatic heterocycles. The zero-order valence-corrected chi connectivity index (χ0v) is 23.2. The average Bonchev–Trinajstić information content (AvgIpc) is 2.76. The summed E-state index contributed by atoms with van der Waals surface area (Å²) in [6.07, 6.45) is 3.07. The Labute approximate surface area is 182 Å². The molecule has 0 spiro atoms. The van der Waals surface area contributed by atoms with Crippen LogP contribution < -0.4 is 0 Å². The van der Waals surface area contributed by atoms with Gasteiger partial charge in [-0.15, -0.1) is 0 Å². The lowest BCUT2D eigenvalue weighted by atomic mass is 10.3. The normalized spacial score (nSPS) is 13.4.